The van der Waals surface area contributed by atoms with Crippen LogP contribution in [-0.4, -0.2) is 128 Å². The van der Waals surface area contributed by atoms with Crippen LogP contribution in [-0.2, 0) is 62.4 Å². The molecule has 62 heavy (non-hydrogen) atoms. The second kappa shape index (κ2) is 25.4. The fraction of sp³-hybridized carbons (Fsp3) is 0.447. The van der Waals surface area contributed by atoms with E-state index in [1.165, 1.54) is 25.0 Å². The van der Waals surface area contributed by atoms with E-state index in [1.54, 1.807) is 30.3 Å². The fourth-order valence-electron chi connectivity index (χ4n) is 5.96. The minimum Gasteiger partial charge on any atom is -0.480 e. The van der Waals surface area contributed by atoms with E-state index in [2.05, 4.69) is 51.8 Å². The van der Waals surface area contributed by atoms with Crippen molar-refractivity contribution in [1.82, 2.24) is 51.8 Å². The summed E-state index contributed by atoms with van der Waals surface area (Å²) in [5.41, 5.74) is 23.9. The quantitative estimate of drug-likeness (QED) is 0.0306. The van der Waals surface area contributed by atoms with Gasteiger partial charge in [-0.25, -0.2) is 14.8 Å². The van der Waals surface area contributed by atoms with Crippen molar-refractivity contribution in [2.24, 2.45) is 22.9 Å². The molecule has 8 amide bonds. The number of amides is 8. The Morgan fingerprint density at radius 1 is 0.629 bits per heavy atom. The molecule has 2 aromatic heterocycles. The minimum atomic E-state index is -1.66. The summed E-state index contributed by atoms with van der Waals surface area (Å²) in [5.74, 6) is -8.47. The normalized spacial score (nSPS) is 13.8. The summed E-state index contributed by atoms with van der Waals surface area (Å²) in [5, 5.41) is 24.1. The van der Waals surface area contributed by atoms with Crippen LogP contribution in [0.25, 0.3) is 0 Å². The number of benzene rings is 1. The van der Waals surface area contributed by atoms with Gasteiger partial charge in [-0.1, -0.05) is 30.3 Å². The number of carbonyl (C=O) groups is 9. The van der Waals surface area contributed by atoms with Crippen LogP contribution in [0.3, 0.4) is 0 Å². The first-order valence-corrected chi connectivity index (χ1v) is 19.6. The maximum absolute atomic E-state index is 13.8. The SMILES string of the molecule is NCCCC[C@H](NC(=O)CNC(=O)[C@H](Cc1cnc[nH]1)NC(=O)[C@H](CC(N)=O)NC(=O)[C@H](Cc1cnc[nH]1)NC(=O)[C@@H](N)Cc1ccccc1)C(=O)N[C@@H](CCC(N)=O)C(=O)O. The van der Waals surface area contributed by atoms with E-state index < -0.39 is 102 Å². The standard InChI is InChI=1S/C38H54N14O10/c39-11-5-4-8-25(35(58)49-26(38(61)62)9-10-30(41)53)48-32(55)18-45-34(57)27(13-22-16-43-19-46-22)51-37(60)29(15-31(42)54)52-36(59)28(14-23-17-44-20-47-23)50-33(56)24(40)12-21-6-2-1-3-7-21/h1-3,6-7,16-17,19-20,24-29H,4-5,8-15,18,39-40H2,(H2,41,53)(H2,42,54)(H,43,46)(H,44,47)(H,45,57)(H,48,55)(H,49,58)(H,50,56)(H,51,60)(H,52,59)(H,61,62)/t24-,25-,26-,27-,28-,29-/m0/s1. The number of hydrogen-bond acceptors (Lipinski definition) is 13. The number of carboxylic acid groups (broad SMARTS) is 1. The van der Waals surface area contributed by atoms with E-state index in [-0.39, 0.29) is 45.1 Å². The van der Waals surface area contributed by atoms with E-state index in [9.17, 15) is 48.3 Å². The maximum Gasteiger partial charge on any atom is 0.326 e. The highest BCUT2D eigenvalue weighted by molar-refractivity contribution is 5.98. The molecule has 0 bridgehead atoms. The molecule has 6 atom stereocenters. The number of nitrogens with one attached hydrogen (secondary N) is 8. The van der Waals surface area contributed by atoms with Gasteiger partial charge in [0.25, 0.3) is 0 Å². The molecular formula is C38H54N14O10. The second-order valence-corrected chi connectivity index (χ2v) is 14.2. The third-order valence-electron chi connectivity index (χ3n) is 9.21. The molecule has 1 aromatic carbocycles. The van der Waals surface area contributed by atoms with Gasteiger partial charge in [0.1, 0.15) is 30.2 Å². The molecule has 0 saturated heterocycles. The maximum atomic E-state index is 13.8. The average molecular weight is 867 g/mol. The van der Waals surface area contributed by atoms with Gasteiger partial charge in [0.05, 0.1) is 31.7 Å². The minimum absolute atomic E-state index is 0.0449. The summed E-state index contributed by atoms with van der Waals surface area (Å²) < 4.78 is 0. The van der Waals surface area contributed by atoms with Gasteiger partial charge >= 0.3 is 5.97 Å². The predicted octanol–water partition coefficient (Wildman–Crippen LogP) is -4.62. The van der Waals surface area contributed by atoms with Gasteiger partial charge in [-0.2, -0.15) is 0 Å². The van der Waals surface area contributed by atoms with Gasteiger partial charge in [-0.15, -0.1) is 0 Å². The van der Waals surface area contributed by atoms with Crippen molar-refractivity contribution in [2.75, 3.05) is 13.1 Å². The molecule has 3 rings (SSSR count). The molecule has 17 N–H and O–H groups in total. The number of carboxylic acids is 1. The first-order valence-electron chi connectivity index (χ1n) is 19.6. The molecule has 0 radical (unpaired) electrons. The number of H-pyrrole nitrogens is 2. The van der Waals surface area contributed by atoms with Crippen molar-refractivity contribution in [1.29, 1.82) is 0 Å². The van der Waals surface area contributed by atoms with Crippen LogP contribution in [0.15, 0.2) is 55.4 Å². The van der Waals surface area contributed by atoms with Gasteiger partial charge in [0, 0.05) is 43.0 Å². The van der Waals surface area contributed by atoms with Crippen molar-refractivity contribution in [3.63, 3.8) is 0 Å². The molecule has 2 heterocycles. The van der Waals surface area contributed by atoms with Crippen molar-refractivity contribution in [2.45, 2.75) is 94.0 Å². The fourth-order valence-corrected chi connectivity index (χ4v) is 5.96. The van der Waals surface area contributed by atoms with Crippen LogP contribution >= 0.6 is 0 Å². The van der Waals surface area contributed by atoms with Gasteiger partial charge in [0.15, 0.2) is 0 Å². The lowest BCUT2D eigenvalue weighted by Crippen LogP contribution is -2.59. The summed E-state index contributed by atoms with van der Waals surface area (Å²) >= 11 is 0. The highest BCUT2D eigenvalue weighted by Crippen LogP contribution is 2.08. The molecule has 24 nitrogen and oxygen atoms in total. The average Bonchev–Trinajstić information content (AvgIpc) is 3.95. The summed E-state index contributed by atoms with van der Waals surface area (Å²) in [7, 11) is 0. The zero-order chi connectivity index (χ0) is 45.6. The Morgan fingerprint density at radius 2 is 1.18 bits per heavy atom. The van der Waals surface area contributed by atoms with Crippen LogP contribution in [0.1, 0.15) is 55.5 Å². The van der Waals surface area contributed by atoms with Gasteiger partial charge < -0.3 is 69.9 Å². The Kier molecular flexibility index (Phi) is 20.2. The number of imidazole rings is 2. The molecule has 336 valence electrons. The van der Waals surface area contributed by atoms with Crippen LogP contribution in [0.4, 0.5) is 0 Å². The third kappa shape index (κ3) is 17.6. The number of rotatable bonds is 28. The molecule has 24 heteroatoms. The number of nitrogens with zero attached hydrogens (tertiary/aromatic N) is 2. The Hall–Kier alpha value is -7.21. The Labute approximate surface area is 355 Å². The zero-order valence-corrected chi connectivity index (χ0v) is 33.8. The van der Waals surface area contributed by atoms with E-state index in [1.807, 2.05) is 0 Å². The predicted molar refractivity (Wildman–Crippen MR) is 218 cm³/mol. The van der Waals surface area contributed by atoms with Crippen molar-refractivity contribution in [3.05, 3.63) is 72.3 Å². The van der Waals surface area contributed by atoms with Crippen molar-refractivity contribution < 1.29 is 48.3 Å². The number of nitrogens with two attached hydrogens (primary N) is 4. The van der Waals surface area contributed by atoms with Crippen molar-refractivity contribution >= 4 is 53.2 Å². The van der Waals surface area contributed by atoms with Gasteiger partial charge in [0.2, 0.25) is 47.3 Å². The lowest BCUT2D eigenvalue weighted by molar-refractivity contribution is -0.142. The van der Waals surface area contributed by atoms with Crippen LogP contribution in [0.5, 0.6) is 0 Å². The lowest BCUT2D eigenvalue weighted by Gasteiger charge is -2.25. The highest BCUT2D eigenvalue weighted by Gasteiger charge is 2.33. The molecule has 0 fully saturated rings. The van der Waals surface area contributed by atoms with Gasteiger partial charge in [-0.3, -0.25) is 38.4 Å². The number of aromatic nitrogens is 4. The number of unbranched alkanes of at least 4 members (excludes halogenated alkanes) is 1. The third-order valence-corrected chi connectivity index (χ3v) is 9.21. The van der Waals surface area contributed by atoms with E-state index in [0.717, 1.165) is 5.56 Å². The molecule has 0 spiro atoms. The molecular weight excluding hydrogens is 813 g/mol. The first kappa shape index (κ1) is 49.2. The van der Waals surface area contributed by atoms with Crippen molar-refractivity contribution in [3.8, 4) is 0 Å². The summed E-state index contributed by atoms with van der Waals surface area (Å²) in [6.07, 6.45) is 4.79. The van der Waals surface area contributed by atoms with E-state index in [4.69, 9.17) is 22.9 Å². The van der Waals surface area contributed by atoms with E-state index in [0.29, 0.717) is 24.2 Å². The number of hydrogen-bond donors (Lipinski definition) is 13. The lowest BCUT2D eigenvalue weighted by atomic mass is 10.0. The van der Waals surface area contributed by atoms with Gasteiger partial charge in [-0.05, 0) is 44.2 Å². The molecule has 0 aliphatic heterocycles. The smallest absolute Gasteiger partial charge is 0.326 e. The first-order chi connectivity index (χ1) is 29.6. The summed E-state index contributed by atoms with van der Waals surface area (Å²) in [6, 6.07) is 0.672. The number of primary amides is 2. The second-order valence-electron chi connectivity index (χ2n) is 14.2. The Bertz CT molecular complexity index is 1960. The molecule has 0 unspecified atom stereocenters. The van der Waals surface area contributed by atoms with Crippen LogP contribution < -0.4 is 54.8 Å². The zero-order valence-electron chi connectivity index (χ0n) is 33.8. The number of aromatic amines is 2. The largest absolute Gasteiger partial charge is 0.480 e. The molecule has 3 aromatic rings. The van der Waals surface area contributed by atoms with Crippen LogP contribution in [0, 0.1) is 0 Å². The number of aliphatic carboxylic acids is 1. The van der Waals surface area contributed by atoms with E-state index >= 15 is 0 Å². The highest BCUT2D eigenvalue weighted by atomic mass is 16.4. The monoisotopic (exact) mass is 866 g/mol. The number of carbonyl (C=O) groups excluding carboxylic acids is 8. The topological polar surface area (TPSA) is 407 Å². The summed E-state index contributed by atoms with van der Waals surface area (Å²) in [6.45, 7) is -0.448. The molecule has 0 saturated carbocycles. The molecule has 0 aliphatic rings. The Balaban J connectivity index is 1.74. The van der Waals surface area contributed by atoms with Crippen LogP contribution in [0.2, 0.25) is 0 Å². The Morgan fingerprint density at radius 3 is 1.73 bits per heavy atom. The summed E-state index contributed by atoms with van der Waals surface area (Å²) in [4.78, 5) is 129. The molecule has 0 aliphatic carbocycles.